The summed E-state index contributed by atoms with van der Waals surface area (Å²) in [6.45, 7) is 2.71. The Morgan fingerprint density at radius 3 is 2.67 bits per heavy atom. The number of thiophene rings is 1. The summed E-state index contributed by atoms with van der Waals surface area (Å²) in [6.07, 6.45) is 9.90. The molecule has 33 heavy (non-hydrogen) atoms. The van der Waals surface area contributed by atoms with E-state index >= 15 is 0 Å². The zero-order valence-corrected chi connectivity index (χ0v) is 19.5. The number of hydrogen-bond donors (Lipinski definition) is 2. The quantitative estimate of drug-likeness (QED) is 0.476. The number of aliphatic hydroxyl groups is 1. The summed E-state index contributed by atoms with van der Waals surface area (Å²) in [5, 5.41) is 16.4. The second-order valence-corrected chi connectivity index (χ2v) is 10.7. The molecule has 2 aromatic rings. The molecule has 0 aromatic carbocycles. The minimum atomic E-state index is -1.58. The van der Waals surface area contributed by atoms with Crippen molar-refractivity contribution in [3.63, 3.8) is 0 Å². The Labute approximate surface area is 197 Å². The third-order valence-corrected chi connectivity index (χ3v) is 8.76. The lowest BCUT2D eigenvalue weighted by Gasteiger charge is -2.51. The lowest BCUT2D eigenvalue weighted by molar-refractivity contribution is -0.939. The lowest BCUT2D eigenvalue weighted by Crippen LogP contribution is -2.66. The van der Waals surface area contributed by atoms with Crippen molar-refractivity contribution in [2.75, 3.05) is 31.5 Å². The first-order valence-corrected chi connectivity index (χ1v) is 12.7. The molecule has 8 nitrogen and oxygen atoms in total. The molecule has 2 aromatic heterocycles. The number of quaternary nitrogens is 1. The summed E-state index contributed by atoms with van der Waals surface area (Å²) >= 11 is 1.41. The van der Waals surface area contributed by atoms with Gasteiger partial charge in [0.05, 0.1) is 19.3 Å². The van der Waals surface area contributed by atoms with Gasteiger partial charge in [0.25, 0.3) is 5.91 Å². The summed E-state index contributed by atoms with van der Waals surface area (Å²) in [4.78, 5) is 35.0. The smallest absolute Gasteiger partial charge is 0.344 e. The second kappa shape index (κ2) is 9.12. The Hall–Kier alpha value is -2.36. The Balaban J connectivity index is 1.28. The van der Waals surface area contributed by atoms with Gasteiger partial charge in [0.2, 0.25) is 0 Å². The van der Waals surface area contributed by atoms with Crippen molar-refractivity contribution in [3.05, 3.63) is 41.0 Å². The SMILES string of the molecule is O=C(C[N+]12CCC(CC1)C(OC(=O)[C@@](O)(c1cccs1)C1CCCC1)C2)Nc1cnccn1. The van der Waals surface area contributed by atoms with Crippen LogP contribution in [0.25, 0.3) is 0 Å². The Bertz CT molecular complexity index is 972. The minimum absolute atomic E-state index is 0.106. The molecule has 1 unspecified atom stereocenters. The van der Waals surface area contributed by atoms with Gasteiger partial charge in [-0.25, -0.2) is 9.78 Å². The van der Waals surface area contributed by atoms with E-state index in [4.69, 9.17) is 4.74 Å². The molecule has 5 heterocycles. The lowest BCUT2D eigenvalue weighted by atomic mass is 9.82. The van der Waals surface area contributed by atoms with Crippen LogP contribution >= 0.6 is 11.3 Å². The van der Waals surface area contributed by atoms with Gasteiger partial charge in [-0.1, -0.05) is 18.9 Å². The maximum absolute atomic E-state index is 13.5. The molecule has 1 aliphatic carbocycles. The molecular formula is C24H31N4O4S+. The van der Waals surface area contributed by atoms with Gasteiger partial charge in [0.1, 0.15) is 6.54 Å². The van der Waals surface area contributed by atoms with Crippen LogP contribution in [-0.4, -0.2) is 63.7 Å². The highest BCUT2D eigenvalue weighted by atomic mass is 32.1. The summed E-state index contributed by atoms with van der Waals surface area (Å²) < 4.78 is 6.70. The predicted octanol–water partition coefficient (Wildman–Crippen LogP) is 2.71. The average Bonchev–Trinajstić information content (AvgIpc) is 3.54. The van der Waals surface area contributed by atoms with Crippen molar-refractivity contribution in [1.29, 1.82) is 0 Å². The maximum Gasteiger partial charge on any atom is 0.344 e. The van der Waals surface area contributed by atoms with Crippen LogP contribution in [0.4, 0.5) is 5.82 Å². The molecule has 3 aliphatic heterocycles. The first kappa shape index (κ1) is 22.4. The van der Waals surface area contributed by atoms with E-state index in [1.807, 2.05) is 17.5 Å². The second-order valence-electron chi connectivity index (χ2n) is 9.77. The van der Waals surface area contributed by atoms with Crippen LogP contribution in [0.15, 0.2) is 36.1 Å². The van der Waals surface area contributed by atoms with Crippen molar-refractivity contribution < 1.29 is 23.9 Å². The Morgan fingerprint density at radius 1 is 1.21 bits per heavy atom. The third-order valence-electron chi connectivity index (χ3n) is 7.76. The van der Waals surface area contributed by atoms with Crippen LogP contribution in [0.5, 0.6) is 0 Å². The van der Waals surface area contributed by atoms with Crippen LogP contribution in [0, 0.1) is 11.8 Å². The fourth-order valence-corrected chi connectivity index (χ4v) is 6.85. The number of anilines is 1. The monoisotopic (exact) mass is 471 g/mol. The normalized spacial score (nSPS) is 28.9. The van der Waals surface area contributed by atoms with Crippen LogP contribution in [-0.2, 0) is 19.9 Å². The molecular weight excluding hydrogens is 440 g/mol. The molecule has 4 fully saturated rings. The van der Waals surface area contributed by atoms with Gasteiger partial charge in [-0.05, 0) is 24.3 Å². The number of fused-ring (bicyclic) bond motifs is 3. The average molecular weight is 472 g/mol. The molecule has 2 bridgehead atoms. The number of esters is 1. The Morgan fingerprint density at radius 2 is 2.00 bits per heavy atom. The number of nitrogens with zero attached hydrogens (tertiary/aromatic N) is 3. The van der Waals surface area contributed by atoms with Crippen molar-refractivity contribution >= 4 is 29.0 Å². The Kier molecular flexibility index (Phi) is 6.20. The molecule has 2 atom stereocenters. The maximum atomic E-state index is 13.5. The number of hydrogen-bond acceptors (Lipinski definition) is 7. The number of amides is 1. The highest BCUT2D eigenvalue weighted by Gasteiger charge is 2.53. The number of carbonyl (C=O) groups is 2. The number of aromatic nitrogens is 2. The van der Waals surface area contributed by atoms with Crippen LogP contribution in [0.3, 0.4) is 0 Å². The highest BCUT2D eigenvalue weighted by Crippen LogP contribution is 2.44. The van der Waals surface area contributed by atoms with E-state index in [2.05, 4.69) is 15.3 Å². The molecule has 3 saturated heterocycles. The number of carbonyl (C=O) groups excluding carboxylic acids is 2. The van der Waals surface area contributed by atoms with E-state index in [0.29, 0.717) is 28.3 Å². The van der Waals surface area contributed by atoms with E-state index in [9.17, 15) is 14.7 Å². The van der Waals surface area contributed by atoms with Gasteiger partial charge in [0, 0.05) is 41.9 Å². The molecule has 176 valence electrons. The standard InChI is InChI=1S/C24H30N4O4S/c29-22(27-21-14-25-9-10-26-21)16-28-11-7-17(8-12-28)19(15-28)32-23(30)24(31,18-4-1-2-5-18)20-6-3-13-33-20/h3,6,9-10,13-14,17-19,31H,1-2,4-5,7-8,11-12,15-16H2/p+1/t17?,19?,24-,28?/m0/s1. The molecule has 2 N–H and O–H groups in total. The number of ether oxygens (including phenoxy) is 1. The van der Waals surface area contributed by atoms with Gasteiger partial charge >= 0.3 is 5.97 Å². The summed E-state index contributed by atoms with van der Waals surface area (Å²) in [5.74, 6) is -0.00770. The fourth-order valence-electron chi connectivity index (χ4n) is 5.96. The summed E-state index contributed by atoms with van der Waals surface area (Å²) in [6, 6.07) is 3.71. The van der Waals surface area contributed by atoms with E-state index in [0.717, 1.165) is 51.6 Å². The summed E-state index contributed by atoms with van der Waals surface area (Å²) in [7, 11) is 0. The number of piperidine rings is 3. The highest BCUT2D eigenvalue weighted by molar-refractivity contribution is 7.10. The van der Waals surface area contributed by atoms with Gasteiger partial charge in [-0.15, -0.1) is 11.3 Å². The number of nitrogens with one attached hydrogen (secondary N) is 1. The zero-order chi connectivity index (χ0) is 22.9. The van der Waals surface area contributed by atoms with Crippen LogP contribution in [0.2, 0.25) is 0 Å². The van der Waals surface area contributed by atoms with Gasteiger partial charge in [-0.3, -0.25) is 9.78 Å². The molecule has 4 aliphatic rings. The third kappa shape index (κ3) is 4.41. The minimum Gasteiger partial charge on any atom is -0.454 e. The van der Waals surface area contributed by atoms with Gasteiger partial charge in [0.15, 0.2) is 24.1 Å². The fraction of sp³-hybridized carbons (Fsp3) is 0.583. The molecule has 0 radical (unpaired) electrons. The molecule has 1 saturated carbocycles. The van der Waals surface area contributed by atoms with Crippen LogP contribution < -0.4 is 5.32 Å². The first-order valence-electron chi connectivity index (χ1n) is 11.9. The molecule has 0 spiro atoms. The van der Waals surface area contributed by atoms with Crippen molar-refractivity contribution in [2.24, 2.45) is 11.8 Å². The van der Waals surface area contributed by atoms with Crippen molar-refractivity contribution in [3.8, 4) is 0 Å². The molecule has 1 amide bonds. The van der Waals surface area contributed by atoms with E-state index in [1.54, 1.807) is 12.4 Å². The molecule has 9 heteroatoms. The van der Waals surface area contributed by atoms with E-state index in [-0.39, 0.29) is 23.8 Å². The first-order chi connectivity index (χ1) is 16.0. The van der Waals surface area contributed by atoms with Crippen molar-refractivity contribution in [2.45, 2.75) is 50.2 Å². The zero-order valence-electron chi connectivity index (χ0n) is 18.7. The largest absolute Gasteiger partial charge is 0.454 e. The van der Waals surface area contributed by atoms with E-state index in [1.165, 1.54) is 17.5 Å². The van der Waals surface area contributed by atoms with Crippen molar-refractivity contribution in [1.82, 2.24) is 9.97 Å². The van der Waals surface area contributed by atoms with E-state index < -0.39 is 11.6 Å². The van der Waals surface area contributed by atoms with Gasteiger partial charge in [-0.2, -0.15) is 0 Å². The van der Waals surface area contributed by atoms with Gasteiger partial charge < -0.3 is 19.6 Å². The topological polar surface area (TPSA) is 101 Å². The molecule has 6 rings (SSSR count). The van der Waals surface area contributed by atoms with Crippen LogP contribution in [0.1, 0.15) is 43.4 Å². The number of rotatable bonds is 7. The predicted molar refractivity (Wildman–Crippen MR) is 123 cm³/mol. The summed E-state index contributed by atoms with van der Waals surface area (Å²) in [5.41, 5.74) is -1.58.